The monoisotopic (exact) mass is 227 g/mol. The van der Waals surface area contributed by atoms with Gasteiger partial charge in [-0.3, -0.25) is 19.7 Å². The van der Waals surface area contributed by atoms with Crippen molar-refractivity contribution in [2.75, 3.05) is 0 Å². The Hall–Kier alpha value is -1.43. The Bertz CT molecular complexity index is 325. The van der Waals surface area contributed by atoms with Crippen molar-refractivity contribution in [3.05, 3.63) is 0 Å². The number of nitrogens with two attached hydrogens (primary N) is 1. The van der Waals surface area contributed by atoms with Crippen molar-refractivity contribution in [1.29, 1.82) is 0 Å². The molecular formula is C10H17N3O3. The third kappa shape index (κ3) is 2.79. The minimum atomic E-state index is -0.984. The van der Waals surface area contributed by atoms with Gasteiger partial charge in [-0.05, 0) is 19.8 Å². The van der Waals surface area contributed by atoms with Crippen LogP contribution in [0.2, 0.25) is 0 Å². The molecule has 0 aliphatic carbocycles. The van der Waals surface area contributed by atoms with Gasteiger partial charge in [0, 0.05) is 6.42 Å². The number of amides is 3. The van der Waals surface area contributed by atoms with Gasteiger partial charge in [-0.25, -0.2) is 0 Å². The Morgan fingerprint density at radius 1 is 1.62 bits per heavy atom. The predicted octanol–water partition coefficient (Wildman–Crippen LogP) is -0.965. The number of piperidine rings is 1. The number of imide groups is 1. The van der Waals surface area contributed by atoms with Crippen molar-refractivity contribution in [3.8, 4) is 0 Å². The van der Waals surface area contributed by atoms with E-state index in [0.29, 0.717) is 12.8 Å². The maximum Gasteiger partial charge on any atom is 0.249 e. The van der Waals surface area contributed by atoms with Gasteiger partial charge in [-0.2, -0.15) is 0 Å². The van der Waals surface area contributed by atoms with Crippen LogP contribution in [0.25, 0.3) is 0 Å². The van der Waals surface area contributed by atoms with Crippen molar-refractivity contribution in [2.45, 2.75) is 44.7 Å². The molecule has 16 heavy (non-hydrogen) atoms. The molecule has 3 amide bonds. The first-order valence-corrected chi connectivity index (χ1v) is 5.30. The van der Waals surface area contributed by atoms with Crippen LogP contribution in [0.5, 0.6) is 0 Å². The van der Waals surface area contributed by atoms with Crippen LogP contribution >= 0.6 is 0 Å². The molecule has 6 heteroatoms. The molecular weight excluding hydrogens is 210 g/mol. The summed E-state index contributed by atoms with van der Waals surface area (Å²) in [7, 11) is 0. The third-order valence-corrected chi connectivity index (χ3v) is 2.80. The maximum atomic E-state index is 11.7. The third-order valence-electron chi connectivity index (χ3n) is 2.80. The lowest BCUT2D eigenvalue weighted by molar-refractivity contribution is -0.138. The van der Waals surface area contributed by atoms with Crippen molar-refractivity contribution in [3.63, 3.8) is 0 Å². The van der Waals surface area contributed by atoms with E-state index < -0.39 is 17.5 Å². The molecule has 6 nitrogen and oxygen atoms in total. The summed E-state index contributed by atoms with van der Waals surface area (Å²) in [5.74, 6) is -1.14. The first-order valence-electron chi connectivity index (χ1n) is 5.30. The molecule has 0 bridgehead atoms. The summed E-state index contributed by atoms with van der Waals surface area (Å²) in [5, 5.41) is 4.72. The van der Waals surface area contributed by atoms with Gasteiger partial charge in [-0.1, -0.05) is 6.92 Å². The van der Waals surface area contributed by atoms with Crippen LogP contribution < -0.4 is 16.4 Å². The number of nitrogens with one attached hydrogen (secondary N) is 2. The number of rotatable bonds is 3. The second-order valence-electron chi connectivity index (χ2n) is 4.25. The largest absolute Gasteiger partial charge is 0.343 e. The normalized spacial score (nSPS) is 24.6. The maximum absolute atomic E-state index is 11.7. The Morgan fingerprint density at radius 2 is 2.25 bits per heavy atom. The molecule has 1 aliphatic rings. The summed E-state index contributed by atoms with van der Waals surface area (Å²) in [6.07, 6.45) is 1.05. The van der Waals surface area contributed by atoms with E-state index >= 15 is 0 Å². The smallest absolute Gasteiger partial charge is 0.249 e. The quantitative estimate of drug-likeness (QED) is 0.540. The molecule has 0 aromatic rings. The molecule has 2 unspecified atom stereocenters. The van der Waals surface area contributed by atoms with Crippen LogP contribution in [-0.4, -0.2) is 29.3 Å². The van der Waals surface area contributed by atoms with Crippen LogP contribution in [0.4, 0.5) is 0 Å². The summed E-state index contributed by atoms with van der Waals surface area (Å²) in [6, 6.07) is -0.653. The molecule has 1 rings (SSSR count). The molecule has 0 aromatic carbocycles. The molecule has 0 aromatic heterocycles. The van der Waals surface area contributed by atoms with E-state index in [1.165, 1.54) is 0 Å². The molecule has 90 valence electrons. The summed E-state index contributed by atoms with van der Waals surface area (Å²) < 4.78 is 0. The van der Waals surface area contributed by atoms with Crippen LogP contribution in [-0.2, 0) is 14.4 Å². The van der Waals surface area contributed by atoms with Crippen LogP contribution in [0.3, 0.4) is 0 Å². The predicted molar refractivity (Wildman–Crippen MR) is 57.2 cm³/mol. The molecule has 0 spiro atoms. The van der Waals surface area contributed by atoms with Gasteiger partial charge in [0.1, 0.15) is 6.04 Å². The zero-order valence-corrected chi connectivity index (χ0v) is 9.50. The molecule has 0 saturated carbocycles. The Morgan fingerprint density at radius 3 is 2.75 bits per heavy atom. The van der Waals surface area contributed by atoms with Gasteiger partial charge < -0.3 is 11.1 Å². The lowest BCUT2D eigenvalue weighted by Crippen LogP contribution is -2.59. The van der Waals surface area contributed by atoms with E-state index in [-0.39, 0.29) is 18.2 Å². The van der Waals surface area contributed by atoms with E-state index in [4.69, 9.17) is 5.73 Å². The minimum Gasteiger partial charge on any atom is -0.343 e. The Labute approximate surface area is 93.9 Å². The summed E-state index contributed by atoms with van der Waals surface area (Å²) in [5.41, 5.74) is 4.75. The van der Waals surface area contributed by atoms with Crippen LogP contribution in [0.15, 0.2) is 0 Å². The first kappa shape index (κ1) is 12.6. The van der Waals surface area contributed by atoms with E-state index in [0.717, 1.165) is 0 Å². The Balaban J connectivity index is 2.58. The number of hydrogen-bond donors (Lipinski definition) is 3. The Kier molecular flexibility index (Phi) is 3.64. The van der Waals surface area contributed by atoms with Crippen LogP contribution in [0.1, 0.15) is 33.1 Å². The minimum absolute atomic E-state index is 0.240. The summed E-state index contributed by atoms with van der Waals surface area (Å²) in [4.78, 5) is 33.9. The zero-order chi connectivity index (χ0) is 12.3. The fraction of sp³-hybridized carbons (Fsp3) is 0.700. The molecule has 1 fully saturated rings. The summed E-state index contributed by atoms with van der Waals surface area (Å²) >= 11 is 0. The average Bonchev–Trinajstić information content (AvgIpc) is 2.22. The number of carbonyl (C=O) groups is 3. The standard InChI is InChI=1S/C10H17N3O3/c1-3-10(2,11)9(16)12-6-4-5-7(14)13-8(6)15/h6H,3-5,11H2,1-2H3,(H,12,16)(H,13,14,15). The average molecular weight is 227 g/mol. The molecule has 4 N–H and O–H groups in total. The SMILES string of the molecule is CCC(C)(N)C(=O)NC1CCC(=O)NC1=O. The molecule has 2 atom stereocenters. The zero-order valence-electron chi connectivity index (χ0n) is 9.50. The lowest BCUT2D eigenvalue weighted by Gasteiger charge is -2.27. The second kappa shape index (κ2) is 4.61. The molecule has 1 heterocycles. The van der Waals surface area contributed by atoms with Crippen molar-refractivity contribution < 1.29 is 14.4 Å². The molecule has 1 aliphatic heterocycles. The first-order chi connectivity index (χ1) is 7.36. The van der Waals surface area contributed by atoms with Gasteiger partial charge in [0.15, 0.2) is 0 Å². The van der Waals surface area contributed by atoms with Crippen molar-refractivity contribution >= 4 is 17.7 Å². The highest BCUT2D eigenvalue weighted by Crippen LogP contribution is 2.09. The topological polar surface area (TPSA) is 101 Å². The van der Waals surface area contributed by atoms with Gasteiger partial charge in [0.25, 0.3) is 0 Å². The summed E-state index contributed by atoms with van der Waals surface area (Å²) in [6.45, 7) is 3.40. The molecule has 1 saturated heterocycles. The second-order valence-corrected chi connectivity index (χ2v) is 4.25. The van der Waals surface area contributed by atoms with Gasteiger partial charge in [-0.15, -0.1) is 0 Å². The fourth-order valence-electron chi connectivity index (χ4n) is 1.31. The van der Waals surface area contributed by atoms with Crippen molar-refractivity contribution in [1.82, 2.24) is 10.6 Å². The van der Waals surface area contributed by atoms with E-state index in [2.05, 4.69) is 10.6 Å². The van der Waals surface area contributed by atoms with E-state index in [1.54, 1.807) is 13.8 Å². The van der Waals surface area contributed by atoms with Gasteiger partial charge in [0.05, 0.1) is 5.54 Å². The highest BCUT2D eigenvalue weighted by Gasteiger charge is 2.33. The number of carbonyl (C=O) groups excluding carboxylic acids is 3. The fourth-order valence-corrected chi connectivity index (χ4v) is 1.31. The van der Waals surface area contributed by atoms with Gasteiger partial charge >= 0.3 is 0 Å². The van der Waals surface area contributed by atoms with E-state index in [1.807, 2.05) is 0 Å². The van der Waals surface area contributed by atoms with Gasteiger partial charge in [0.2, 0.25) is 17.7 Å². The van der Waals surface area contributed by atoms with Crippen LogP contribution in [0, 0.1) is 0 Å². The highest BCUT2D eigenvalue weighted by atomic mass is 16.2. The molecule has 0 radical (unpaired) electrons. The highest BCUT2D eigenvalue weighted by molar-refractivity contribution is 6.02. The number of hydrogen-bond acceptors (Lipinski definition) is 4. The lowest BCUT2D eigenvalue weighted by atomic mass is 9.97. The van der Waals surface area contributed by atoms with Crippen molar-refractivity contribution in [2.24, 2.45) is 5.73 Å². The van der Waals surface area contributed by atoms with E-state index in [9.17, 15) is 14.4 Å².